The van der Waals surface area contributed by atoms with E-state index in [1.165, 1.54) is 37.1 Å². The molecule has 1 aliphatic rings. The molecule has 0 radical (unpaired) electrons. The third-order valence-corrected chi connectivity index (χ3v) is 4.04. The van der Waals surface area contributed by atoms with Crippen LogP contribution in [-0.2, 0) is 0 Å². The molecule has 3 rings (SSSR count). The van der Waals surface area contributed by atoms with E-state index in [1.807, 2.05) is 0 Å². The third kappa shape index (κ3) is 3.05. The van der Waals surface area contributed by atoms with Crippen molar-refractivity contribution in [3.63, 3.8) is 0 Å². The Morgan fingerprint density at radius 3 is 1.68 bits per heavy atom. The molecule has 1 nitrogen and oxygen atoms in total. The minimum Gasteiger partial charge on any atom is -0.302 e. The van der Waals surface area contributed by atoms with E-state index in [9.17, 15) is 0 Å². The van der Waals surface area contributed by atoms with Crippen molar-refractivity contribution in [2.24, 2.45) is 0 Å². The van der Waals surface area contributed by atoms with Crippen molar-refractivity contribution in [2.45, 2.75) is 18.8 Å². The van der Waals surface area contributed by atoms with E-state index in [0.29, 0.717) is 5.92 Å². The third-order valence-electron chi connectivity index (χ3n) is 4.04. The highest BCUT2D eigenvalue weighted by Gasteiger charge is 2.20. The van der Waals surface area contributed by atoms with Gasteiger partial charge < -0.3 is 4.90 Å². The summed E-state index contributed by atoms with van der Waals surface area (Å²) in [6.07, 6.45) is 2.71. The van der Waals surface area contributed by atoms with Crippen LogP contribution in [0.25, 0.3) is 0 Å². The minimum absolute atomic E-state index is 0.500. The molecular formula is C18H21N. The molecule has 0 spiro atoms. The standard InChI is InChI=1S/C18H21N/c1-3-9-16(10-4-1)18(15-19-13-7-8-14-19)17-11-5-2-6-12-17/h1-6,9-12,18H,7-8,13-15H2. The molecule has 0 bridgehead atoms. The molecule has 1 fully saturated rings. The van der Waals surface area contributed by atoms with Crippen LogP contribution in [0.2, 0.25) is 0 Å². The molecule has 0 saturated carbocycles. The number of hydrogen-bond acceptors (Lipinski definition) is 1. The van der Waals surface area contributed by atoms with Crippen LogP contribution in [0.1, 0.15) is 29.9 Å². The van der Waals surface area contributed by atoms with Crippen molar-refractivity contribution in [3.8, 4) is 0 Å². The number of likely N-dealkylation sites (tertiary alicyclic amines) is 1. The van der Waals surface area contributed by atoms with Gasteiger partial charge in [0, 0.05) is 12.5 Å². The molecular weight excluding hydrogens is 230 g/mol. The molecule has 2 aromatic carbocycles. The summed E-state index contributed by atoms with van der Waals surface area (Å²) in [4.78, 5) is 2.60. The Morgan fingerprint density at radius 2 is 1.21 bits per heavy atom. The first-order valence-electron chi connectivity index (χ1n) is 7.26. The van der Waals surface area contributed by atoms with E-state index in [1.54, 1.807) is 0 Å². The fourth-order valence-corrected chi connectivity index (χ4v) is 3.00. The highest BCUT2D eigenvalue weighted by atomic mass is 15.1. The minimum atomic E-state index is 0.500. The SMILES string of the molecule is c1ccc(C(CN2CCCC2)c2ccccc2)cc1. The molecule has 1 saturated heterocycles. The predicted octanol–water partition coefficient (Wildman–Crippen LogP) is 3.91. The van der Waals surface area contributed by atoms with Crippen LogP contribution in [0.5, 0.6) is 0 Å². The number of nitrogens with zero attached hydrogens (tertiary/aromatic N) is 1. The van der Waals surface area contributed by atoms with E-state index in [-0.39, 0.29) is 0 Å². The zero-order valence-electron chi connectivity index (χ0n) is 11.3. The molecule has 0 aromatic heterocycles. The van der Waals surface area contributed by atoms with Gasteiger partial charge in [0.15, 0.2) is 0 Å². The van der Waals surface area contributed by atoms with Gasteiger partial charge in [0.2, 0.25) is 0 Å². The van der Waals surface area contributed by atoms with Gasteiger partial charge >= 0.3 is 0 Å². The molecule has 0 amide bonds. The molecule has 2 aromatic rings. The molecule has 1 heterocycles. The normalized spacial score (nSPS) is 16.1. The average molecular weight is 251 g/mol. The highest BCUT2D eigenvalue weighted by Crippen LogP contribution is 2.26. The topological polar surface area (TPSA) is 3.24 Å². The Labute approximate surface area is 115 Å². The molecule has 0 unspecified atom stereocenters. The maximum Gasteiger partial charge on any atom is 0.0217 e. The average Bonchev–Trinajstić information content (AvgIpc) is 3.00. The monoisotopic (exact) mass is 251 g/mol. The van der Waals surface area contributed by atoms with Crippen molar-refractivity contribution in [1.82, 2.24) is 4.90 Å². The molecule has 0 atom stereocenters. The van der Waals surface area contributed by atoms with Crippen LogP contribution >= 0.6 is 0 Å². The van der Waals surface area contributed by atoms with Crippen molar-refractivity contribution in [3.05, 3.63) is 71.8 Å². The summed E-state index contributed by atoms with van der Waals surface area (Å²) in [6.45, 7) is 3.67. The van der Waals surface area contributed by atoms with Gasteiger partial charge in [-0.2, -0.15) is 0 Å². The van der Waals surface area contributed by atoms with Crippen LogP contribution in [0.15, 0.2) is 60.7 Å². The predicted molar refractivity (Wildman–Crippen MR) is 80.4 cm³/mol. The van der Waals surface area contributed by atoms with Crippen molar-refractivity contribution >= 4 is 0 Å². The van der Waals surface area contributed by atoms with Gasteiger partial charge in [0.05, 0.1) is 0 Å². The Bertz CT molecular complexity index is 446. The lowest BCUT2D eigenvalue weighted by Crippen LogP contribution is -2.26. The van der Waals surface area contributed by atoms with Crippen molar-refractivity contribution in [2.75, 3.05) is 19.6 Å². The Hall–Kier alpha value is -1.60. The highest BCUT2D eigenvalue weighted by molar-refractivity contribution is 5.32. The summed E-state index contributed by atoms with van der Waals surface area (Å²) in [5, 5.41) is 0. The summed E-state index contributed by atoms with van der Waals surface area (Å²) >= 11 is 0. The van der Waals surface area contributed by atoms with E-state index < -0.39 is 0 Å². The van der Waals surface area contributed by atoms with Crippen LogP contribution in [-0.4, -0.2) is 24.5 Å². The van der Waals surface area contributed by atoms with Gasteiger partial charge in [-0.3, -0.25) is 0 Å². The Kier molecular flexibility index (Phi) is 3.95. The lowest BCUT2D eigenvalue weighted by Gasteiger charge is -2.24. The van der Waals surface area contributed by atoms with E-state index >= 15 is 0 Å². The zero-order chi connectivity index (χ0) is 12.9. The molecule has 1 aliphatic heterocycles. The summed E-state index contributed by atoms with van der Waals surface area (Å²) in [7, 11) is 0. The lowest BCUT2D eigenvalue weighted by molar-refractivity contribution is 0.327. The molecule has 0 aliphatic carbocycles. The van der Waals surface area contributed by atoms with Gasteiger partial charge in [-0.05, 0) is 37.1 Å². The number of hydrogen-bond donors (Lipinski definition) is 0. The van der Waals surface area contributed by atoms with Gasteiger partial charge in [-0.1, -0.05) is 60.7 Å². The maximum absolute atomic E-state index is 2.60. The summed E-state index contributed by atoms with van der Waals surface area (Å²) in [5.74, 6) is 0.500. The first-order chi connectivity index (χ1) is 9.43. The van der Waals surface area contributed by atoms with E-state index in [2.05, 4.69) is 65.6 Å². The van der Waals surface area contributed by atoms with Gasteiger partial charge in [-0.25, -0.2) is 0 Å². The zero-order valence-corrected chi connectivity index (χ0v) is 11.3. The fraction of sp³-hybridized carbons (Fsp3) is 0.333. The second-order valence-electron chi connectivity index (χ2n) is 5.38. The molecule has 0 N–H and O–H groups in total. The van der Waals surface area contributed by atoms with E-state index in [0.717, 1.165) is 6.54 Å². The summed E-state index contributed by atoms with van der Waals surface area (Å²) in [6, 6.07) is 21.8. The first-order valence-corrected chi connectivity index (χ1v) is 7.26. The summed E-state index contributed by atoms with van der Waals surface area (Å²) in [5.41, 5.74) is 2.86. The second kappa shape index (κ2) is 6.03. The molecule has 98 valence electrons. The van der Waals surface area contributed by atoms with Crippen LogP contribution in [0.4, 0.5) is 0 Å². The molecule has 19 heavy (non-hydrogen) atoms. The quantitative estimate of drug-likeness (QED) is 0.796. The van der Waals surface area contributed by atoms with Gasteiger partial charge in [0.25, 0.3) is 0 Å². The fourth-order valence-electron chi connectivity index (χ4n) is 3.00. The van der Waals surface area contributed by atoms with Crippen LogP contribution in [0.3, 0.4) is 0 Å². The Balaban J connectivity index is 1.87. The number of rotatable bonds is 4. The van der Waals surface area contributed by atoms with Crippen molar-refractivity contribution < 1.29 is 0 Å². The van der Waals surface area contributed by atoms with Crippen LogP contribution in [0, 0.1) is 0 Å². The molecule has 1 heteroatoms. The Morgan fingerprint density at radius 1 is 0.737 bits per heavy atom. The first kappa shape index (κ1) is 12.4. The van der Waals surface area contributed by atoms with Gasteiger partial charge in [0.1, 0.15) is 0 Å². The smallest absolute Gasteiger partial charge is 0.0217 e. The van der Waals surface area contributed by atoms with Crippen molar-refractivity contribution in [1.29, 1.82) is 0 Å². The largest absolute Gasteiger partial charge is 0.302 e. The van der Waals surface area contributed by atoms with Gasteiger partial charge in [-0.15, -0.1) is 0 Å². The van der Waals surface area contributed by atoms with E-state index in [4.69, 9.17) is 0 Å². The second-order valence-corrected chi connectivity index (χ2v) is 5.38. The lowest BCUT2D eigenvalue weighted by atomic mass is 9.91. The number of benzene rings is 2. The summed E-state index contributed by atoms with van der Waals surface area (Å²) < 4.78 is 0. The maximum atomic E-state index is 2.60. The van der Waals surface area contributed by atoms with Crippen LogP contribution < -0.4 is 0 Å².